The number of carbonyl (C=O) groups excluding carboxylic acids is 1. The number of phosphoric ester groups is 1. The Bertz CT molecular complexity index is 766. The van der Waals surface area contributed by atoms with E-state index in [2.05, 4.69) is 31.3 Å². The number of aliphatic hydroxyl groups excluding tert-OH is 2. The van der Waals surface area contributed by atoms with E-state index in [-0.39, 0.29) is 19.6 Å². The monoisotopic (exact) mass is 646 g/mol. The van der Waals surface area contributed by atoms with Crippen molar-refractivity contribution in [3.8, 4) is 0 Å². The molecular formula is C34H67N2O7P. The molecule has 10 heteroatoms. The highest BCUT2D eigenvalue weighted by Gasteiger charge is 2.27. The molecular weight excluding hydrogens is 579 g/mol. The van der Waals surface area contributed by atoms with Gasteiger partial charge in [-0.3, -0.25) is 13.8 Å². The van der Waals surface area contributed by atoms with Gasteiger partial charge in [0.1, 0.15) is 0 Å². The van der Waals surface area contributed by atoms with E-state index in [9.17, 15) is 24.5 Å². The summed E-state index contributed by atoms with van der Waals surface area (Å²) in [6, 6.07) is -0.992. The molecule has 260 valence electrons. The first kappa shape index (κ1) is 42.9. The van der Waals surface area contributed by atoms with Crippen molar-refractivity contribution in [3.63, 3.8) is 0 Å². The zero-order valence-electron chi connectivity index (χ0n) is 28.0. The fourth-order valence-corrected chi connectivity index (χ4v) is 5.65. The van der Waals surface area contributed by atoms with Crippen LogP contribution in [0.25, 0.3) is 0 Å². The Labute approximate surface area is 269 Å². The first-order valence-electron chi connectivity index (χ1n) is 17.5. The molecule has 44 heavy (non-hydrogen) atoms. The van der Waals surface area contributed by atoms with Gasteiger partial charge in [-0.15, -0.1) is 0 Å². The molecule has 0 bridgehead atoms. The average molecular weight is 647 g/mol. The molecule has 6 N–H and O–H groups in total. The summed E-state index contributed by atoms with van der Waals surface area (Å²) in [6.07, 6.45) is 28.5. The van der Waals surface area contributed by atoms with Crippen molar-refractivity contribution >= 4 is 13.7 Å². The maximum atomic E-state index is 12.7. The molecule has 0 saturated heterocycles. The number of phosphoric acid groups is 1. The van der Waals surface area contributed by atoms with Gasteiger partial charge in [-0.1, -0.05) is 134 Å². The summed E-state index contributed by atoms with van der Waals surface area (Å²) < 4.78 is 21.9. The molecule has 0 aromatic rings. The number of amides is 1. The predicted octanol–water partition coefficient (Wildman–Crippen LogP) is 7.63. The molecule has 0 heterocycles. The molecule has 1 amide bonds. The van der Waals surface area contributed by atoms with Gasteiger partial charge in [-0.25, -0.2) is 4.57 Å². The van der Waals surface area contributed by atoms with Crippen molar-refractivity contribution in [2.75, 3.05) is 19.8 Å². The maximum Gasteiger partial charge on any atom is 0.472 e. The highest BCUT2D eigenvalue weighted by atomic mass is 31.2. The van der Waals surface area contributed by atoms with Crippen molar-refractivity contribution in [2.24, 2.45) is 5.73 Å². The van der Waals surface area contributed by atoms with Crippen LogP contribution < -0.4 is 11.1 Å². The first-order valence-corrected chi connectivity index (χ1v) is 19.0. The number of hydrogen-bond donors (Lipinski definition) is 5. The number of nitrogens with one attached hydrogen (secondary N) is 1. The van der Waals surface area contributed by atoms with Crippen LogP contribution in [0.1, 0.15) is 149 Å². The van der Waals surface area contributed by atoms with Gasteiger partial charge in [0.15, 0.2) is 0 Å². The molecule has 0 saturated carbocycles. The van der Waals surface area contributed by atoms with E-state index in [0.29, 0.717) is 12.8 Å². The molecule has 9 nitrogen and oxygen atoms in total. The van der Waals surface area contributed by atoms with Crippen LogP contribution in [-0.2, 0) is 18.4 Å². The van der Waals surface area contributed by atoms with Gasteiger partial charge >= 0.3 is 7.82 Å². The maximum absolute atomic E-state index is 12.7. The summed E-state index contributed by atoms with van der Waals surface area (Å²) in [5.74, 6) is -0.461. The minimum atomic E-state index is -4.39. The standard InChI is InChI=1S/C34H67N2O7P/c1-3-5-7-9-11-13-14-15-16-17-18-20-22-24-26-33(38)32(30-43-44(40,41)42-28-27-35)36-34(39)29-31(37)25-23-21-19-12-10-8-6-4-2/h17-18,24,26,31-33,37-38H,3-16,19-23,25,27-30,35H2,1-2H3,(H,36,39)(H,40,41)/b18-17+,26-24+. The second-order valence-corrected chi connectivity index (χ2v) is 13.4. The normalized spacial score (nSPS) is 15.5. The van der Waals surface area contributed by atoms with Gasteiger partial charge < -0.3 is 26.2 Å². The molecule has 0 rings (SSSR count). The van der Waals surface area contributed by atoms with Crippen molar-refractivity contribution in [2.45, 2.75) is 167 Å². The number of allylic oxidation sites excluding steroid dienone is 3. The lowest BCUT2D eigenvalue weighted by molar-refractivity contribution is -0.124. The predicted molar refractivity (Wildman–Crippen MR) is 181 cm³/mol. The third-order valence-corrected chi connectivity index (χ3v) is 8.57. The molecule has 0 radical (unpaired) electrons. The van der Waals surface area contributed by atoms with E-state index >= 15 is 0 Å². The Balaban J connectivity index is 4.57. The summed E-state index contributed by atoms with van der Waals surface area (Å²) in [5.41, 5.74) is 5.32. The second-order valence-electron chi connectivity index (χ2n) is 11.9. The lowest BCUT2D eigenvalue weighted by atomic mass is 10.0. The van der Waals surface area contributed by atoms with Crippen molar-refractivity contribution in [3.05, 3.63) is 24.3 Å². The lowest BCUT2D eigenvalue weighted by Crippen LogP contribution is -2.46. The van der Waals surface area contributed by atoms with E-state index in [1.54, 1.807) is 6.08 Å². The van der Waals surface area contributed by atoms with Crippen molar-refractivity contribution < 1.29 is 33.5 Å². The van der Waals surface area contributed by atoms with E-state index in [4.69, 9.17) is 14.8 Å². The van der Waals surface area contributed by atoms with Crippen LogP contribution >= 0.6 is 7.82 Å². The fraction of sp³-hybridized carbons (Fsp3) is 0.853. The third kappa shape index (κ3) is 28.4. The molecule has 0 aliphatic heterocycles. The highest BCUT2D eigenvalue weighted by molar-refractivity contribution is 7.47. The van der Waals surface area contributed by atoms with Crippen LogP contribution in [0.3, 0.4) is 0 Å². The second kappa shape index (κ2) is 30.6. The number of rotatable bonds is 32. The van der Waals surface area contributed by atoms with Gasteiger partial charge in [0.25, 0.3) is 0 Å². The van der Waals surface area contributed by atoms with Crippen LogP contribution in [0.4, 0.5) is 0 Å². The summed E-state index contributed by atoms with van der Waals surface area (Å²) in [6.45, 7) is 3.88. The molecule has 4 atom stereocenters. The van der Waals surface area contributed by atoms with Crippen LogP contribution in [-0.4, -0.2) is 59.0 Å². The van der Waals surface area contributed by atoms with E-state index < -0.39 is 38.6 Å². The van der Waals surface area contributed by atoms with Crippen LogP contribution in [0.5, 0.6) is 0 Å². The van der Waals surface area contributed by atoms with Gasteiger partial charge in [0.2, 0.25) is 5.91 Å². The smallest absolute Gasteiger partial charge is 0.393 e. The Kier molecular flexibility index (Phi) is 29.8. The van der Waals surface area contributed by atoms with Crippen LogP contribution in [0.15, 0.2) is 24.3 Å². The van der Waals surface area contributed by atoms with Crippen LogP contribution in [0, 0.1) is 0 Å². The van der Waals surface area contributed by atoms with Gasteiger partial charge in [-0.2, -0.15) is 0 Å². The van der Waals surface area contributed by atoms with Crippen molar-refractivity contribution in [1.82, 2.24) is 5.32 Å². The minimum absolute atomic E-state index is 0.0454. The molecule has 0 aromatic carbocycles. The fourth-order valence-electron chi connectivity index (χ4n) is 4.90. The van der Waals surface area contributed by atoms with E-state index in [0.717, 1.165) is 32.1 Å². The first-order chi connectivity index (χ1) is 21.3. The van der Waals surface area contributed by atoms with E-state index in [1.165, 1.54) is 83.5 Å². The number of aliphatic hydroxyl groups is 2. The summed E-state index contributed by atoms with van der Waals surface area (Å²) in [5, 5.41) is 23.7. The molecule has 0 aliphatic rings. The SMILES string of the molecule is CCCCCCCCCC/C=C/CC/C=C/C(O)C(COP(=O)(O)OCCN)NC(=O)CC(O)CCCCCCCCCC. The Morgan fingerprint density at radius 3 is 1.89 bits per heavy atom. The summed E-state index contributed by atoms with van der Waals surface area (Å²) >= 11 is 0. The highest BCUT2D eigenvalue weighted by Crippen LogP contribution is 2.43. The molecule has 4 unspecified atom stereocenters. The van der Waals surface area contributed by atoms with Gasteiger partial charge in [0.05, 0.1) is 37.9 Å². The zero-order valence-corrected chi connectivity index (χ0v) is 28.9. The molecule has 0 spiro atoms. The number of carbonyl (C=O) groups is 1. The minimum Gasteiger partial charge on any atom is -0.393 e. The number of nitrogens with two attached hydrogens (primary N) is 1. The Morgan fingerprint density at radius 1 is 0.773 bits per heavy atom. The van der Waals surface area contributed by atoms with E-state index in [1.807, 2.05) is 6.08 Å². The number of hydrogen-bond acceptors (Lipinski definition) is 7. The Morgan fingerprint density at radius 2 is 1.30 bits per heavy atom. The Hall–Kier alpha value is -1.06. The topological polar surface area (TPSA) is 151 Å². The molecule has 0 fully saturated rings. The van der Waals surface area contributed by atoms with Gasteiger partial charge in [-0.05, 0) is 32.1 Å². The average Bonchev–Trinajstić information content (AvgIpc) is 2.99. The third-order valence-electron chi connectivity index (χ3n) is 7.58. The van der Waals surface area contributed by atoms with Crippen LogP contribution in [0.2, 0.25) is 0 Å². The van der Waals surface area contributed by atoms with Gasteiger partial charge in [0, 0.05) is 6.54 Å². The largest absolute Gasteiger partial charge is 0.472 e. The number of unbranched alkanes of at least 4 members (excludes halogenated alkanes) is 16. The quantitative estimate of drug-likeness (QED) is 0.0284. The summed E-state index contributed by atoms with van der Waals surface area (Å²) in [7, 11) is -4.39. The molecule has 0 aliphatic carbocycles. The summed E-state index contributed by atoms with van der Waals surface area (Å²) in [4.78, 5) is 22.5. The lowest BCUT2D eigenvalue weighted by Gasteiger charge is -2.24. The van der Waals surface area contributed by atoms with Crippen molar-refractivity contribution in [1.29, 1.82) is 0 Å². The zero-order chi connectivity index (χ0) is 32.7. The molecule has 0 aromatic heterocycles.